The average Bonchev–Trinajstić information content (AvgIpc) is 2.41. The summed E-state index contributed by atoms with van der Waals surface area (Å²) in [5, 5.41) is 18.1. The molecular weight excluding hydrogens is 242 g/mol. The summed E-state index contributed by atoms with van der Waals surface area (Å²) < 4.78 is 14.1. The van der Waals surface area contributed by atoms with Crippen molar-refractivity contribution in [3.63, 3.8) is 0 Å². The van der Waals surface area contributed by atoms with Gasteiger partial charge < -0.3 is 10.0 Å². The zero-order valence-corrected chi connectivity index (χ0v) is 11.4. The minimum atomic E-state index is -1.43. The smallest absolute Gasteiger partial charge is 0.423 e. The molecule has 2 N–H and O–H groups in total. The molecule has 4 heteroatoms. The summed E-state index contributed by atoms with van der Waals surface area (Å²) in [6.45, 7) is 2.11. The molecule has 3 atom stereocenters. The van der Waals surface area contributed by atoms with E-state index in [0.29, 0.717) is 11.9 Å². The van der Waals surface area contributed by atoms with Gasteiger partial charge in [-0.05, 0) is 48.5 Å². The van der Waals surface area contributed by atoms with Gasteiger partial charge in [0.15, 0.2) is 0 Å². The summed E-state index contributed by atoms with van der Waals surface area (Å²) in [5.41, 5.74) is 1.60. The minimum absolute atomic E-state index is 0.236. The third-order valence-corrected chi connectivity index (χ3v) is 4.27. The number of rotatable bonds is 4. The molecule has 1 aromatic carbocycles. The van der Waals surface area contributed by atoms with Crippen LogP contribution in [-0.2, 0) is 0 Å². The lowest BCUT2D eigenvalue weighted by Gasteiger charge is -2.32. The first kappa shape index (κ1) is 14.5. The number of halogens is 1. The summed E-state index contributed by atoms with van der Waals surface area (Å²) >= 11 is 0. The Kier molecular flexibility index (Phi) is 5.00. The normalized spacial score (nSPS) is 27.3. The molecule has 0 radical (unpaired) electrons. The Morgan fingerprint density at radius 3 is 2.42 bits per heavy atom. The Balaban J connectivity index is 2.00. The molecule has 0 heterocycles. The van der Waals surface area contributed by atoms with E-state index in [2.05, 4.69) is 6.92 Å². The molecule has 2 rings (SSSR count). The minimum Gasteiger partial charge on any atom is -0.423 e. The Labute approximate surface area is 114 Å². The van der Waals surface area contributed by atoms with Crippen LogP contribution in [0.3, 0.4) is 0 Å². The van der Waals surface area contributed by atoms with E-state index < -0.39 is 13.3 Å². The van der Waals surface area contributed by atoms with E-state index in [4.69, 9.17) is 10.0 Å². The molecule has 0 aromatic heterocycles. The van der Waals surface area contributed by atoms with E-state index >= 15 is 0 Å². The molecule has 1 saturated carbocycles. The zero-order valence-electron chi connectivity index (χ0n) is 11.4. The molecule has 0 bridgehead atoms. The van der Waals surface area contributed by atoms with Gasteiger partial charge in [-0.1, -0.05) is 37.6 Å². The molecule has 1 aliphatic carbocycles. The first-order valence-corrected chi connectivity index (χ1v) is 7.22. The maximum Gasteiger partial charge on any atom is 0.488 e. The molecule has 1 unspecified atom stereocenters. The molecule has 104 valence electrons. The van der Waals surface area contributed by atoms with Crippen molar-refractivity contribution in [3.8, 4) is 0 Å². The molecule has 0 saturated heterocycles. The second kappa shape index (κ2) is 6.53. The number of alkyl halides is 1. The van der Waals surface area contributed by atoms with Crippen molar-refractivity contribution in [2.24, 2.45) is 5.92 Å². The van der Waals surface area contributed by atoms with E-state index in [1.807, 2.05) is 12.1 Å². The molecule has 1 aliphatic rings. The third-order valence-electron chi connectivity index (χ3n) is 4.27. The second-order valence-electron chi connectivity index (χ2n) is 5.62. The molecule has 19 heavy (non-hydrogen) atoms. The topological polar surface area (TPSA) is 40.5 Å². The van der Waals surface area contributed by atoms with Crippen LogP contribution < -0.4 is 5.46 Å². The summed E-state index contributed by atoms with van der Waals surface area (Å²) in [5.74, 6) is 0.507. The quantitative estimate of drug-likeness (QED) is 0.820. The van der Waals surface area contributed by atoms with Crippen molar-refractivity contribution in [1.82, 2.24) is 0 Å². The Bertz CT molecular complexity index is 394. The summed E-state index contributed by atoms with van der Waals surface area (Å²) in [6, 6.07) is 7.22. The summed E-state index contributed by atoms with van der Waals surface area (Å²) in [7, 11) is -1.43. The standard InChI is InChI=1S/C15H22BFO2/c1-2-3-12-4-5-13(10-15(12)17)11-6-8-14(9-7-11)16(18)19/h6-9,12-13,15,18-19H,2-5,10H2,1H3/t12-,13?,15-/m0/s1. The van der Waals surface area contributed by atoms with Crippen molar-refractivity contribution in [2.75, 3.05) is 0 Å². The molecule has 1 fully saturated rings. The molecule has 2 nitrogen and oxygen atoms in total. The fraction of sp³-hybridized carbons (Fsp3) is 0.600. The lowest BCUT2D eigenvalue weighted by Crippen LogP contribution is -2.30. The monoisotopic (exact) mass is 264 g/mol. The van der Waals surface area contributed by atoms with Crippen LogP contribution >= 0.6 is 0 Å². The summed E-state index contributed by atoms with van der Waals surface area (Å²) in [6.07, 6.45) is 3.95. The van der Waals surface area contributed by atoms with Gasteiger partial charge in [0.25, 0.3) is 0 Å². The number of benzene rings is 1. The van der Waals surface area contributed by atoms with E-state index in [1.165, 1.54) is 0 Å². The predicted octanol–water partition coefficient (Wildman–Crippen LogP) is 2.39. The van der Waals surface area contributed by atoms with Gasteiger partial charge in [-0.15, -0.1) is 0 Å². The maximum absolute atomic E-state index is 14.1. The highest BCUT2D eigenvalue weighted by molar-refractivity contribution is 6.58. The predicted molar refractivity (Wildman–Crippen MR) is 76.2 cm³/mol. The number of hydrogen-bond donors (Lipinski definition) is 2. The largest absolute Gasteiger partial charge is 0.488 e. The van der Waals surface area contributed by atoms with Crippen molar-refractivity contribution in [1.29, 1.82) is 0 Å². The van der Waals surface area contributed by atoms with Crippen molar-refractivity contribution < 1.29 is 14.4 Å². The first-order chi connectivity index (χ1) is 9.11. The van der Waals surface area contributed by atoms with Crippen molar-refractivity contribution in [2.45, 2.75) is 51.1 Å². The zero-order chi connectivity index (χ0) is 13.8. The molecule has 1 aromatic rings. The van der Waals surface area contributed by atoms with Crippen LogP contribution in [-0.4, -0.2) is 23.3 Å². The highest BCUT2D eigenvalue weighted by Gasteiger charge is 2.30. The van der Waals surface area contributed by atoms with Crippen molar-refractivity contribution >= 4 is 12.6 Å². The first-order valence-electron chi connectivity index (χ1n) is 7.22. The van der Waals surface area contributed by atoms with E-state index in [-0.39, 0.29) is 11.8 Å². The molecular formula is C15H22BFO2. The van der Waals surface area contributed by atoms with Gasteiger partial charge in [0, 0.05) is 0 Å². The van der Waals surface area contributed by atoms with Gasteiger partial charge in [-0.2, -0.15) is 0 Å². The van der Waals surface area contributed by atoms with Crippen LogP contribution in [0.1, 0.15) is 50.5 Å². The second-order valence-corrected chi connectivity index (χ2v) is 5.62. The summed E-state index contributed by atoms with van der Waals surface area (Å²) in [4.78, 5) is 0. The van der Waals surface area contributed by atoms with Crippen LogP contribution in [0, 0.1) is 5.92 Å². The van der Waals surface area contributed by atoms with E-state index in [9.17, 15) is 4.39 Å². The van der Waals surface area contributed by atoms with E-state index in [1.54, 1.807) is 12.1 Å². The van der Waals surface area contributed by atoms with Gasteiger partial charge in [0.2, 0.25) is 0 Å². The van der Waals surface area contributed by atoms with E-state index in [0.717, 1.165) is 31.2 Å². The Hall–Kier alpha value is -0.865. The van der Waals surface area contributed by atoms with Crippen LogP contribution in [0.25, 0.3) is 0 Å². The fourth-order valence-corrected chi connectivity index (χ4v) is 3.12. The lowest BCUT2D eigenvalue weighted by atomic mass is 9.74. The molecule has 0 spiro atoms. The Morgan fingerprint density at radius 2 is 1.89 bits per heavy atom. The maximum atomic E-state index is 14.1. The average molecular weight is 264 g/mol. The highest BCUT2D eigenvalue weighted by atomic mass is 19.1. The van der Waals surface area contributed by atoms with Gasteiger partial charge in [0.05, 0.1) is 0 Å². The van der Waals surface area contributed by atoms with Crippen LogP contribution in [0.5, 0.6) is 0 Å². The van der Waals surface area contributed by atoms with Gasteiger partial charge in [-0.3, -0.25) is 0 Å². The molecule has 0 aliphatic heterocycles. The van der Waals surface area contributed by atoms with Crippen LogP contribution in [0.15, 0.2) is 24.3 Å². The van der Waals surface area contributed by atoms with Gasteiger partial charge in [-0.25, -0.2) is 4.39 Å². The third kappa shape index (κ3) is 3.57. The Morgan fingerprint density at radius 1 is 1.21 bits per heavy atom. The van der Waals surface area contributed by atoms with Crippen molar-refractivity contribution in [3.05, 3.63) is 29.8 Å². The lowest BCUT2D eigenvalue weighted by molar-refractivity contribution is 0.142. The van der Waals surface area contributed by atoms with Crippen LogP contribution in [0.2, 0.25) is 0 Å². The number of hydrogen-bond acceptors (Lipinski definition) is 2. The molecule has 0 amide bonds. The van der Waals surface area contributed by atoms with Gasteiger partial charge >= 0.3 is 7.12 Å². The SMILES string of the molecule is CCC[C@H]1CCC(c2ccc(B(O)O)cc2)C[C@@H]1F. The fourth-order valence-electron chi connectivity index (χ4n) is 3.12. The highest BCUT2D eigenvalue weighted by Crippen LogP contribution is 2.39. The van der Waals surface area contributed by atoms with Gasteiger partial charge in [0.1, 0.15) is 6.17 Å². The van der Waals surface area contributed by atoms with Crippen LogP contribution in [0.4, 0.5) is 4.39 Å².